The van der Waals surface area contributed by atoms with Crippen molar-refractivity contribution in [1.29, 1.82) is 0 Å². The summed E-state index contributed by atoms with van der Waals surface area (Å²) in [5, 5.41) is 24.0. The third kappa shape index (κ3) is 7.04. The van der Waals surface area contributed by atoms with Crippen molar-refractivity contribution in [3.8, 4) is 0 Å². The van der Waals surface area contributed by atoms with Crippen LogP contribution in [0.1, 0.15) is 11.4 Å². The van der Waals surface area contributed by atoms with Gasteiger partial charge in [-0.05, 0) is 23.4 Å². The summed E-state index contributed by atoms with van der Waals surface area (Å²) < 4.78 is 51.5. The number of amidine groups is 1. The number of aliphatic imine (C=N–C) groups is 1. The van der Waals surface area contributed by atoms with E-state index in [-0.39, 0.29) is 16.6 Å². The van der Waals surface area contributed by atoms with Gasteiger partial charge in [0.2, 0.25) is 0 Å². The Balaban J connectivity index is 0.000000423. The maximum absolute atomic E-state index is 13.2. The van der Waals surface area contributed by atoms with E-state index in [1.54, 1.807) is 12.5 Å². The molecule has 10 nitrogen and oxygen atoms in total. The number of hydrogen-bond acceptors (Lipinski definition) is 7. The molecule has 3 rings (SSSR count). The number of alkyl halides is 3. The van der Waals surface area contributed by atoms with Crippen molar-refractivity contribution >= 4 is 29.1 Å². The van der Waals surface area contributed by atoms with Crippen molar-refractivity contribution in [2.75, 3.05) is 0 Å². The molecule has 0 amide bonds. The van der Waals surface area contributed by atoms with E-state index >= 15 is 0 Å². The number of aliphatic carboxylic acids is 1. The fraction of sp³-hybridized carbons (Fsp3) is 0.188. The van der Waals surface area contributed by atoms with Crippen molar-refractivity contribution in [3.63, 3.8) is 0 Å². The van der Waals surface area contributed by atoms with Crippen LogP contribution in [-0.4, -0.2) is 48.2 Å². The molecule has 0 aliphatic heterocycles. The lowest BCUT2D eigenvalue weighted by Gasteiger charge is -2.04. The molecule has 2 heterocycles. The SMILES string of the molecule is O=C(O)C(F)(F)F.ONC(=Nc1ccc(F)c(Cl)c1)c1nonc1CCn1ccnc1. The molecule has 0 spiro atoms. The minimum absolute atomic E-state index is 0.0135. The van der Waals surface area contributed by atoms with Crippen LogP contribution in [0, 0.1) is 5.82 Å². The van der Waals surface area contributed by atoms with Gasteiger partial charge in [0.25, 0.3) is 0 Å². The lowest BCUT2D eigenvalue weighted by Crippen LogP contribution is -2.22. The van der Waals surface area contributed by atoms with Crippen LogP contribution in [0.5, 0.6) is 0 Å². The summed E-state index contributed by atoms with van der Waals surface area (Å²) >= 11 is 5.72. The average molecular weight is 465 g/mol. The van der Waals surface area contributed by atoms with Crippen molar-refractivity contribution in [1.82, 2.24) is 25.3 Å². The van der Waals surface area contributed by atoms with Crippen LogP contribution in [0.15, 0.2) is 46.5 Å². The van der Waals surface area contributed by atoms with E-state index in [1.165, 1.54) is 18.2 Å². The summed E-state index contributed by atoms with van der Waals surface area (Å²) in [7, 11) is 0. The van der Waals surface area contributed by atoms with E-state index in [1.807, 2.05) is 16.2 Å². The number of aryl methyl sites for hydroxylation is 2. The smallest absolute Gasteiger partial charge is 0.475 e. The van der Waals surface area contributed by atoms with Crippen LogP contribution < -0.4 is 5.48 Å². The standard InChI is InChI=1S/C14H12ClFN6O2.C2HF3O2/c15-10-7-9(1-2-11(10)16)18-14(19-23)13-12(20-24-21-13)3-5-22-6-4-17-8-22;3-2(4,5)1(6)7/h1-2,4,6-8,23H,3,5H2,(H,18,19);(H,6,7). The fourth-order valence-corrected chi connectivity index (χ4v) is 2.19. The van der Waals surface area contributed by atoms with Crippen molar-refractivity contribution in [2.45, 2.75) is 19.1 Å². The molecule has 1 aromatic carbocycles. The number of carboxylic acid groups (broad SMARTS) is 1. The van der Waals surface area contributed by atoms with Crippen molar-refractivity contribution < 1.29 is 37.3 Å². The van der Waals surface area contributed by atoms with Gasteiger partial charge < -0.3 is 9.67 Å². The number of nitrogens with one attached hydrogen (secondary N) is 1. The second-order valence-corrected chi connectivity index (χ2v) is 5.99. The van der Waals surface area contributed by atoms with E-state index in [9.17, 15) is 22.8 Å². The number of halogens is 5. The third-order valence-electron chi connectivity index (χ3n) is 3.44. The number of hydrogen-bond donors (Lipinski definition) is 3. The van der Waals surface area contributed by atoms with Crippen LogP contribution >= 0.6 is 11.6 Å². The number of rotatable bonds is 5. The minimum atomic E-state index is -5.08. The summed E-state index contributed by atoms with van der Waals surface area (Å²) in [6.07, 6.45) is 0.558. The molecule has 0 saturated carbocycles. The first-order valence-electron chi connectivity index (χ1n) is 8.13. The van der Waals surface area contributed by atoms with Gasteiger partial charge in [-0.25, -0.2) is 23.8 Å². The van der Waals surface area contributed by atoms with Gasteiger partial charge in [0.05, 0.1) is 17.0 Å². The monoisotopic (exact) mass is 464 g/mol. The zero-order chi connectivity index (χ0) is 23.0. The Morgan fingerprint density at radius 2 is 2.03 bits per heavy atom. The number of aromatic nitrogens is 4. The normalized spacial score (nSPS) is 11.6. The van der Waals surface area contributed by atoms with E-state index in [4.69, 9.17) is 26.1 Å². The Kier molecular flexibility index (Phi) is 8.04. The summed E-state index contributed by atoms with van der Waals surface area (Å²) in [5.74, 6) is -3.30. The maximum atomic E-state index is 13.2. The molecule has 0 unspecified atom stereocenters. The fourth-order valence-electron chi connectivity index (χ4n) is 2.02. The number of nitrogens with zero attached hydrogens (tertiary/aromatic N) is 5. The van der Waals surface area contributed by atoms with Gasteiger partial charge in [-0.2, -0.15) is 13.2 Å². The highest BCUT2D eigenvalue weighted by molar-refractivity contribution is 6.31. The predicted molar refractivity (Wildman–Crippen MR) is 96.4 cm³/mol. The highest BCUT2D eigenvalue weighted by Crippen LogP contribution is 2.22. The molecule has 0 aliphatic carbocycles. The highest BCUT2D eigenvalue weighted by atomic mass is 35.5. The Morgan fingerprint density at radius 1 is 1.32 bits per heavy atom. The molecular weight excluding hydrogens is 452 g/mol. The summed E-state index contributed by atoms with van der Waals surface area (Å²) in [6, 6.07) is 3.92. The molecule has 166 valence electrons. The second kappa shape index (κ2) is 10.5. The van der Waals surface area contributed by atoms with Crippen molar-refractivity contribution in [2.24, 2.45) is 4.99 Å². The molecule has 0 saturated heterocycles. The zero-order valence-electron chi connectivity index (χ0n) is 15.2. The number of carbonyl (C=O) groups is 1. The molecule has 31 heavy (non-hydrogen) atoms. The molecule has 0 fully saturated rings. The second-order valence-electron chi connectivity index (χ2n) is 5.58. The quantitative estimate of drug-likeness (QED) is 0.227. The molecule has 0 radical (unpaired) electrons. The zero-order valence-corrected chi connectivity index (χ0v) is 16.0. The van der Waals surface area contributed by atoms with Gasteiger partial charge in [-0.15, -0.1) is 0 Å². The van der Waals surface area contributed by atoms with E-state index in [0.29, 0.717) is 24.3 Å². The first-order chi connectivity index (χ1) is 14.6. The van der Waals surface area contributed by atoms with Gasteiger partial charge in [-0.1, -0.05) is 16.8 Å². The average Bonchev–Trinajstić information content (AvgIpc) is 3.38. The molecule has 0 aliphatic rings. The number of hydroxylamine groups is 1. The van der Waals surface area contributed by atoms with Crippen LogP contribution in [0.3, 0.4) is 0 Å². The van der Waals surface area contributed by atoms with E-state index in [0.717, 1.165) is 0 Å². The van der Waals surface area contributed by atoms with Crippen LogP contribution in [-0.2, 0) is 17.8 Å². The minimum Gasteiger partial charge on any atom is -0.475 e. The first kappa shape index (κ1) is 23.8. The van der Waals surface area contributed by atoms with Crippen LogP contribution in [0.25, 0.3) is 0 Å². The molecular formula is C16H13ClF4N6O4. The Bertz CT molecular complexity index is 1040. The molecule has 0 atom stereocenters. The molecule has 0 bridgehead atoms. The third-order valence-corrected chi connectivity index (χ3v) is 3.73. The van der Waals surface area contributed by atoms with Crippen molar-refractivity contribution in [3.05, 3.63) is 59.1 Å². The Hall–Kier alpha value is -3.52. The predicted octanol–water partition coefficient (Wildman–Crippen LogP) is 2.99. The van der Waals surface area contributed by atoms with Gasteiger partial charge in [-0.3, -0.25) is 10.7 Å². The largest absolute Gasteiger partial charge is 0.490 e. The van der Waals surface area contributed by atoms with E-state index in [2.05, 4.69) is 20.3 Å². The molecule has 2 aromatic heterocycles. The topological polar surface area (TPSA) is 139 Å². The van der Waals surface area contributed by atoms with Gasteiger partial charge >= 0.3 is 12.1 Å². The van der Waals surface area contributed by atoms with E-state index < -0.39 is 18.0 Å². The van der Waals surface area contributed by atoms with Gasteiger partial charge in [0.15, 0.2) is 11.5 Å². The Labute approximate surface area is 175 Å². The lowest BCUT2D eigenvalue weighted by atomic mass is 10.2. The van der Waals surface area contributed by atoms with Crippen LogP contribution in [0.2, 0.25) is 5.02 Å². The van der Waals surface area contributed by atoms with Crippen LogP contribution in [0.4, 0.5) is 23.2 Å². The molecule has 3 aromatic rings. The Morgan fingerprint density at radius 3 is 2.58 bits per heavy atom. The number of benzene rings is 1. The van der Waals surface area contributed by atoms with Gasteiger partial charge in [0, 0.05) is 25.4 Å². The summed E-state index contributed by atoms with van der Waals surface area (Å²) in [6.45, 7) is 0.600. The summed E-state index contributed by atoms with van der Waals surface area (Å²) in [5.41, 5.74) is 3.03. The number of carboxylic acids is 1. The summed E-state index contributed by atoms with van der Waals surface area (Å²) in [4.78, 5) is 17.0. The highest BCUT2D eigenvalue weighted by Gasteiger charge is 2.38. The maximum Gasteiger partial charge on any atom is 0.490 e. The number of imidazole rings is 1. The molecule has 3 N–H and O–H groups in total. The van der Waals surface area contributed by atoms with Gasteiger partial charge in [0.1, 0.15) is 11.5 Å². The molecule has 15 heteroatoms. The lowest BCUT2D eigenvalue weighted by molar-refractivity contribution is -0.192. The first-order valence-corrected chi connectivity index (χ1v) is 8.51.